The van der Waals surface area contributed by atoms with E-state index in [-0.39, 0.29) is 11.9 Å². The van der Waals surface area contributed by atoms with Crippen LogP contribution in [0.4, 0.5) is 5.13 Å². The molecule has 1 amide bonds. The van der Waals surface area contributed by atoms with Gasteiger partial charge in [-0.1, -0.05) is 11.3 Å². The minimum Gasteiger partial charge on any atom is -0.497 e. The molecular weight excluding hydrogens is 462 g/mol. The van der Waals surface area contributed by atoms with Crippen molar-refractivity contribution in [2.45, 2.75) is 32.7 Å². The molecule has 0 radical (unpaired) electrons. The molecule has 1 aliphatic heterocycles. The fourth-order valence-electron chi connectivity index (χ4n) is 4.31. The number of hydrogen-bond donors (Lipinski definition) is 1. The summed E-state index contributed by atoms with van der Waals surface area (Å²) in [4.78, 5) is 19.9. The SMILES string of the molecule is CCOc1ccc(C(=O)NC2CCN(c3nc4c(s3)c(C)nn4-c3ccc(OC)cc3)CC2)cc1. The van der Waals surface area contributed by atoms with Crippen molar-refractivity contribution in [1.82, 2.24) is 20.1 Å². The minimum absolute atomic E-state index is 0.0401. The van der Waals surface area contributed by atoms with Crippen LogP contribution in [0.2, 0.25) is 0 Å². The number of benzene rings is 2. The Kier molecular flexibility index (Phi) is 6.59. The number of aryl methyl sites for hydroxylation is 1. The van der Waals surface area contributed by atoms with E-state index in [0.717, 1.165) is 64.3 Å². The van der Waals surface area contributed by atoms with Gasteiger partial charge in [0.05, 0.1) is 29.8 Å². The van der Waals surface area contributed by atoms with E-state index in [0.29, 0.717) is 12.2 Å². The molecule has 5 rings (SSSR count). The molecular formula is C26H29N5O3S. The molecule has 182 valence electrons. The average Bonchev–Trinajstić information content (AvgIpc) is 3.46. The van der Waals surface area contributed by atoms with Gasteiger partial charge in [-0.15, -0.1) is 0 Å². The zero-order valence-electron chi connectivity index (χ0n) is 20.2. The normalized spacial score (nSPS) is 14.3. The zero-order chi connectivity index (χ0) is 24.4. The monoisotopic (exact) mass is 491 g/mol. The molecule has 0 spiro atoms. The molecule has 0 saturated carbocycles. The van der Waals surface area contributed by atoms with Crippen LogP contribution in [0.1, 0.15) is 35.8 Å². The molecule has 1 saturated heterocycles. The highest BCUT2D eigenvalue weighted by atomic mass is 32.1. The summed E-state index contributed by atoms with van der Waals surface area (Å²) >= 11 is 1.68. The van der Waals surface area contributed by atoms with Crippen LogP contribution in [-0.2, 0) is 0 Å². The third-order valence-corrected chi connectivity index (χ3v) is 7.44. The van der Waals surface area contributed by atoms with Gasteiger partial charge in [-0.2, -0.15) is 10.1 Å². The number of methoxy groups -OCH3 is 1. The summed E-state index contributed by atoms with van der Waals surface area (Å²) < 4.78 is 13.7. The van der Waals surface area contributed by atoms with Crippen LogP contribution >= 0.6 is 11.3 Å². The first kappa shape index (κ1) is 23.2. The van der Waals surface area contributed by atoms with Gasteiger partial charge in [0.15, 0.2) is 10.8 Å². The number of fused-ring (bicyclic) bond motifs is 1. The van der Waals surface area contributed by atoms with Crippen molar-refractivity contribution in [1.29, 1.82) is 0 Å². The van der Waals surface area contributed by atoms with Gasteiger partial charge in [-0.3, -0.25) is 4.79 Å². The predicted molar refractivity (Wildman–Crippen MR) is 138 cm³/mol. The number of carbonyl (C=O) groups is 1. The largest absolute Gasteiger partial charge is 0.497 e. The molecule has 3 heterocycles. The molecule has 8 nitrogen and oxygen atoms in total. The van der Waals surface area contributed by atoms with Crippen LogP contribution in [0.25, 0.3) is 16.0 Å². The molecule has 1 aliphatic rings. The first-order chi connectivity index (χ1) is 17.1. The fourth-order valence-corrected chi connectivity index (χ4v) is 5.35. The van der Waals surface area contributed by atoms with E-state index >= 15 is 0 Å². The van der Waals surface area contributed by atoms with Crippen LogP contribution in [0, 0.1) is 6.92 Å². The number of nitrogens with zero attached hydrogens (tertiary/aromatic N) is 4. The lowest BCUT2D eigenvalue weighted by molar-refractivity contribution is 0.0931. The van der Waals surface area contributed by atoms with Gasteiger partial charge in [0.1, 0.15) is 11.5 Å². The van der Waals surface area contributed by atoms with Gasteiger partial charge >= 0.3 is 0 Å². The van der Waals surface area contributed by atoms with Crippen LogP contribution in [0.3, 0.4) is 0 Å². The lowest BCUT2D eigenvalue weighted by Crippen LogP contribution is -2.44. The number of nitrogens with one attached hydrogen (secondary N) is 1. The summed E-state index contributed by atoms with van der Waals surface area (Å²) in [6.07, 6.45) is 1.75. The molecule has 9 heteroatoms. The zero-order valence-corrected chi connectivity index (χ0v) is 21.0. The summed E-state index contributed by atoms with van der Waals surface area (Å²) in [5.41, 5.74) is 3.45. The molecule has 1 fully saturated rings. The van der Waals surface area contributed by atoms with Gasteiger partial charge < -0.3 is 19.7 Å². The second kappa shape index (κ2) is 9.95. The van der Waals surface area contributed by atoms with Crippen molar-refractivity contribution >= 4 is 32.7 Å². The first-order valence-corrected chi connectivity index (χ1v) is 12.7. The van der Waals surface area contributed by atoms with Gasteiger partial charge in [-0.05, 0) is 75.2 Å². The van der Waals surface area contributed by atoms with E-state index in [2.05, 4.69) is 10.2 Å². The fraction of sp³-hybridized carbons (Fsp3) is 0.346. The summed E-state index contributed by atoms with van der Waals surface area (Å²) in [6.45, 7) is 6.27. The lowest BCUT2D eigenvalue weighted by Gasteiger charge is -2.32. The molecule has 2 aromatic carbocycles. The number of ether oxygens (including phenoxy) is 2. The van der Waals surface area contributed by atoms with E-state index in [4.69, 9.17) is 19.6 Å². The van der Waals surface area contributed by atoms with Gasteiger partial charge in [0.25, 0.3) is 5.91 Å². The second-order valence-electron chi connectivity index (χ2n) is 8.54. The average molecular weight is 492 g/mol. The highest BCUT2D eigenvalue weighted by Crippen LogP contribution is 2.34. The number of carbonyl (C=O) groups excluding carboxylic acids is 1. The molecule has 0 aliphatic carbocycles. The molecule has 0 atom stereocenters. The third kappa shape index (κ3) is 4.81. The molecule has 2 aromatic heterocycles. The van der Waals surface area contributed by atoms with Crippen molar-refractivity contribution in [2.24, 2.45) is 0 Å². The molecule has 0 unspecified atom stereocenters. The molecule has 0 bridgehead atoms. The second-order valence-corrected chi connectivity index (χ2v) is 9.51. The first-order valence-electron chi connectivity index (χ1n) is 11.8. The summed E-state index contributed by atoms with van der Waals surface area (Å²) in [7, 11) is 1.66. The Hall–Kier alpha value is -3.59. The van der Waals surface area contributed by atoms with E-state index in [1.807, 2.05) is 67.1 Å². The Morgan fingerprint density at radius 3 is 2.43 bits per heavy atom. The Bertz CT molecular complexity index is 1310. The Labute approximate surface area is 208 Å². The smallest absolute Gasteiger partial charge is 0.251 e. The highest BCUT2D eigenvalue weighted by Gasteiger charge is 2.25. The van der Waals surface area contributed by atoms with Crippen LogP contribution < -0.4 is 19.7 Å². The van der Waals surface area contributed by atoms with E-state index in [9.17, 15) is 4.79 Å². The Morgan fingerprint density at radius 2 is 1.77 bits per heavy atom. The Balaban J connectivity index is 1.24. The molecule has 35 heavy (non-hydrogen) atoms. The van der Waals surface area contributed by atoms with Gasteiger partial charge in [-0.25, -0.2) is 4.68 Å². The Morgan fingerprint density at radius 1 is 1.09 bits per heavy atom. The lowest BCUT2D eigenvalue weighted by atomic mass is 10.0. The van der Waals surface area contributed by atoms with Gasteiger partial charge in [0.2, 0.25) is 0 Å². The summed E-state index contributed by atoms with van der Waals surface area (Å²) in [5.74, 6) is 1.55. The maximum Gasteiger partial charge on any atom is 0.251 e. The van der Waals surface area contributed by atoms with Crippen molar-refractivity contribution in [3.05, 3.63) is 59.8 Å². The standard InChI is InChI=1S/C26H29N5O3S/c1-4-34-22-9-5-18(6-10-22)25(32)27-19-13-15-30(16-14-19)26-28-24-23(35-26)17(2)29-31(24)20-7-11-21(33-3)12-8-20/h5-12,19H,4,13-16H2,1-3H3,(H,27,32). The maximum absolute atomic E-state index is 12.7. The summed E-state index contributed by atoms with van der Waals surface area (Å²) in [5, 5.41) is 8.88. The van der Waals surface area contributed by atoms with Crippen molar-refractivity contribution in [3.63, 3.8) is 0 Å². The van der Waals surface area contributed by atoms with Crippen LogP contribution in [-0.4, -0.2) is 53.5 Å². The number of piperidine rings is 1. The quantitative estimate of drug-likeness (QED) is 0.407. The molecule has 1 N–H and O–H groups in total. The van der Waals surface area contributed by atoms with Crippen LogP contribution in [0.5, 0.6) is 11.5 Å². The van der Waals surface area contributed by atoms with Crippen LogP contribution in [0.15, 0.2) is 48.5 Å². The highest BCUT2D eigenvalue weighted by molar-refractivity contribution is 7.22. The topological polar surface area (TPSA) is 81.5 Å². The number of anilines is 1. The number of amides is 1. The number of aromatic nitrogens is 3. The van der Waals surface area contributed by atoms with Crippen molar-refractivity contribution in [2.75, 3.05) is 31.7 Å². The number of rotatable bonds is 7. The van der Waals surface area contributed by atoms with E-state index in [1.165, 1.54) is 0 Å². The predicted octanol–water partition coefficient (Wildman–Crippen LogP) is 4.60. The minimum atomic E-state index is -0.0401. The van der Waals surface area contributed by atoms with Crippen molar-refractivity contribution < 1.29 is 14.3 Å². The van der Waals surface area contributed by atoms with E-state index < -0.39 is 0 Å². The maximum atomic E-state index is 12.7. The van der Waals surface area contributed by atoms with Crippen molar-refractivity contribution in [3.8, 4) is 17.2 Å². The third-order valence-electron chi connectivity index (χ3n) is 6.22. The van der Waals surface area contributed by atoms with Gasteiger partial charge in [0, 0.05) is 24.7 Å². The summed E-state index contributed by atoms with van der Waals surface area (Å²) in [6, 6.07) is 15.3. The number of thiazole rings is 1. The van der Waals surface area contributed by atoms with E-state index in [1.54, 1.807) is 18.4 Å². The number of hydrogen-bond acceptors (Lipinski definition) is 7. The molecule has 4 aromatic rings.